The highest BCUT2D eigenvalue weighted by molar-refractivity contribution is 8.00. The van der Waals surface area contributed by atoms with Crippen molar-refractivity contribution in [1.82, 2.24) is 0 Å². The van der Waals surface area contributed by atoms with E-state index in [9.17, 15) is 14.4 Å². The molecule has 0 atom stereocenters. The Kier molecular flexibility index (Phi) is 7.22. The van der Waals surface area contributed by atoms with Crippen LogP contribution in [0.1, 0.15) is 15.9 Å². The molecule has 0 aliphatic heterocycles. The van der Waals surface area contributed by atoms with E-state index in [-0.39, 0.29) is 29.8 Å². The summed E-state index contributed by atoms with van der Waals surface area (Å²) in [7, 11) is 0. The first-order valence-corrected chi connectivity index (χ1v) is 8.88. The molecule has 0 heterocycles. The van der Waals surface area contributed by atoms with E-state index < -0.39 is 5.97 Å². The smallest absolute Gasteiger partial charge is 0.316 e. The first-order valence-electron chi connectivity index (χ1n) is 7.73. The molecule has 0 bridgehead atoms. The van der Waals surface area contributed by atoms with Gasteiger partial charge in [0, 0.05) is 11.3 Å². The van der Waals surface area contributed by atoms with Crippen LogP contribution in [0, 0.1) is 6.92 Å². The number of aryl methyl sites for hydroxylation is 1. The predicted octanol–water partition coefficient (Wildman–Crippen LogP) is 3.09. The van der Waals surface area contributed by atoms with Gasteiger partial charge in [-0.05, 0) is 19.1 Å². The number of hydrogen-bond acceptors (Lipinski definition) is 5. The Morgan fingerprint density at radius 1 is 0.960 bits per heavy atom. The van der Waals surface area contributed by atoms with Gasteiger partial charge in [-0.25, -0.2) is 0 Å². The molecule has 0 aromatic heterocycles. The van der Waals surface area contributed by atoms with Crippen LogP contribution in [0.5, 0.6) is 0 Å². The van der Waals surface area contributed by atoms with Crippen LogP contribution in [0.2, 0.25) is 0 Å². The second-order valence-corrected chi connectivity index (χ2v) is 6.34. The van der Waals surface area contributed by atoms with Crippen LogP contribution in [0.3, 0.4) is 0 Å². The van der Waals surface area contributed by atoms with Crippen LogP contribution in [0.15, 0.2) is 54.6 Å². The Morgan fingerprint density at radius 3 is 2.32 bits per heavy atom. The van der Waals surface area contributed by atoms with Crippen molar-refractivity contribution in [3.63, 3.8) is 0 Å². The van der Waals surface area contributed by atoms with Crippen molar-refractivity contribution < 1.29 is 19.1 Å². The van der Waals surface area contributed by atoms with E-state index in [1.54, 1.807) is 30.3 Å². The van der Waals surface area contributed by atoms with Crippen LogP contribution >= 0.6 is 11.8 Å². The number of carbonyl (C=O) groups is 3. The molecule has 0 radical (unpaired) electrons. The molecule has 1 N–H and O–H groups in total. The van der Waals surface area contributed by atoms with Crippen LogP contribution in [0.4, 0.5) is 5.69 Å². The first kappa shape index (κ1) is 18.7. The van der Waals surface area contributed by atoms with Crippen molar-refractivity contribution in [3.05, 3.63) is 65.7 Å². The van der Waals surface area contributed by atoms with E-state index in [0.29, 0.717) is 11.3 Å². The molecule has 0 spiro atoms. The second kappa shape index (κ2) is 9.64. The summed E-state index contributed by atoms with van der Waals surface area (Å²) in [6.07, 6.45) is 0. The van der Waals surface area contributed by atoms with Gasteiger partial charge in [0.15, 0.2) is 12.4 Å². The number of rotatable bonds is 8. The molecule has 0 saturated heterocycles. The van der Waals surface area contributed by atoms with Gasteiger partial charge in [0.2, 0.25) is 5.91 Å². The number of carbonyl (C=O) groups excluding carboxylic acids is 3. The van der Waals surface area contributed by atoms with Crippen LogP contribution in [0.25, 0.3) is 0 Å². The SMILES string of the molecule is Cc1ccc(NC(=O)CSCC(=O)OCC(=O)c2ccccc2)cc1. The Hall–Kier alpha value is -2.60. The Labute approximate surface area is 150 Å². The predicted molar refractivity (Wildman–Crippen MR) is 98.9 cm³/mol. The van der Waals surface area contributed by atoms with E-state index in [4.69, 9.17) is 4.74 Å². The Morgan fingerprint density at radius 2 is 1.64 bits per heavy atom. The summed E-state index contributed by atoms with van der Waals surface area (Å²) >= 11 is 1.14. The van der Waals surface area contributed by atoms with E-state index >= 15 is 0 Å². The minimum Gasteiger partial charge on any atom is -0.457 e. The number of Topliss-reactive ketones (excluding diaryl/α,β-unsaturated/α-hetero) is 1. The van der Waals surface area contributed by atoms with Crippen LogP contribution in [-0.2, 0) is 14.3 Å². The van der Waals surface area contributed by atoms with Gasteiger partial charge in [0.05, 0.1) is 11.5 Å². The zero-order chi connectivity index (χ0) is 18.1. The fourth-order valence-electron chi connectivity index (χ4n) is 1.96. The maximum atomic E-state index is 11.8. The highest BCUT2D eigenvalue weighted by Gasteiger charge is 2.11. The van der Waals surface area contributed by atoms with Crippen molar-refractivity contribution in [2.45, 2.75) is 6.92 Å². The van der Waals surface area contributed by atoms with Gasteiger partial charge >= 0.3 is 5.97 Å². The third-order valence-corrected chi connectivity index (χ3v) is 4.15. The van der Waals surface area contributed by atoms with E-state index in [2.05, 4.69) is 5.32 Å². The maximum absolute atomic E-state index is 11.8. The van der Waals surface area contributed by atoms with Crippen molar-refractivity contribution in [2.24, 2.45) is 0 Å². The molecule has 0 aliphatic carbocycles. The normalized spacial score (nSPS) is 10.1. The lowest BCUT2D eigenvalue weighted by Gasteiger charge is -2.06. The fourth-order valence-corrected chi connectivity index (χ4v) is 2.57. The third kappa shape index (κ3) is 6.81. The molecule has 0 aliphatic rings. The molecule has 0 saturated carbocycles. The summed E-state index contributed by atoms with van der Waals surface area (Å²) in [5.41, 5.74) is 2.33. The molecule has 0 fully saturated rings. The molecule has 1 amide bonds. The molecular formula is C19H19NO4S. The topological polar surface area (TPSA) is 72.5 Å². The van der Waals surface area contributed by atoms with Crippen molar-refractivity contribution in [3.8, 4) is 0 Å². The highest BCUT2D eigenvalue weighted by atomic mass is 32.2. The van der Waals surface area contributed by atoms with Gasteiger partial charge in [-0.1, -0.05) is 48.0 Å². The van der Waals surface area contributed by atoms with Gasteiger partial charge in [0.1, 0.15) is 0 Å². The lowest BCUT2D eigenvalue weighted by atomic mass is 10.1. The lowest BCUT2D eigenvalue weighted by molar-refractivity contribution is -0.139. The van der Waals surface area contributed by atoms with Crippen molar-refractivity contribution >= 4 is 35.1 Å². The number of esters is 1. The number of hydrogen-bond donors (Lipinski definition) is 1. The average Bonchev–Trinajstić information content (AvgIpc) is 2.62. The number of benzene rings is 2. The van der Waals surface area contributed by atoms with E-state index in [1.165, 1.54) is 0 Å². The van der Waals surface area contributed by atoms with Gasteiger partial charge < -0.3 is 10.1 Å². The number of ketones is 1. The monoisotopic (exact) mass is 357 g/mol. The number of anilines is 1. The van der Waals surface area contributed by atoms with Gasteiger partial charge in [0.25, 0.3) is 0 Å². The van der Waals surface area contributed by atoms with Crippen LogP contribution in [-0.4, -0.2) is 35.8 Å². The molecule has 130 valence electrons. The summed E-state index contributed by atoms with van der Waals surface area (Å²) in [5.74, 6) is -0.811. The minimum atomic E-state index is -0.516. The number of nitrogens with one attached hydrogen (secondary N) is 1. The van der Waals surface area contributed by atoms with Gasteiger partial charge in [-0.3, -0.25) is 14.4 Å². The molecule has 25 heavy (non-hydrogen) atoms. The van der Waals surface area contributed by atoms with Crippen LogP contribution < -0.4 is 5.32 Å². The van der Waals surface area contributed by atoms with Gasteiger partial charge in [-0.2, -0.15) is 0 Å². The first-order chi connectivity index (χ1) is 12.0. The summed E-state index contributed by atoms with van der Waals surface area (Å²) < 4.78 is 4.93. The zero-order valence-corrected chi connectivity index (χ0v) is 14.7. The molecule has 2 aromatic rings. The fraction of sp³-hybridized carbons (Fsp3) is 0.211. The highest BCUT2D eigenvalue weighted by Crippen LogP contribution is 2.10. The molecule has 5 nitrogen and oxygen atoms in total. The van der Waals surface area contributed by atoms with Crippen molar-refractivity contribution in [2.75, 3.05) is 23.4 Å². The van der Waals surface area contributed by atoms with E-state index in [1.807, 2.05) is 31.2 Å². The molecule has 2 rings (SSSR count). The van der Waals surface area contributed by atoms with Gasteiger partial charge in [-0.15, -0.1) is 11.8 Å². The molecule has 0 unspecified atom stereocenters. The Balaban J connectivity index is 1.64. The standard InChI is InChI=1S/C19H19NO4S/c1-14-7-9-16(10-8-14)20-18(22)12-25-13-19(23)24-11-17(21)15-5-3-2-4-6-15/h2-10H,11-13H2,1H3,(H,20,22). The lowest BCUT2D eigenvalue weighted by Crippen LogP contribution is -2.18. The zero-order valence-electron chi connectivity index (χ0n) is 13.9. The number of amides is 1. The Bertz CT molecular complexity index is 729. The second-order valence-electron chi connectivity index (χ2n) is 5.36. The van der Waals surface area contributed by atoms with E-state index in [0.717, 1.165) is 17.3 Å². The largest absolute Gasteiger partial charge is 0.457 e. The third-order valence-electron chi connectivity index (χ3n) is 3.25. The summed E-state index contributed by atoms with van der Waals surface area (Å²) in [6, 6.07) is 16.1. The average molecular weight is 357 g/mol. The number of thioether (sulfide) groups is 1. The quantitative estimate of drug-likeness (QED) is 0.581. The summed E-state index contributed by atoms with van der Waals surface area (Å²) in [6.45, 7) is 1.68. The van der Waals surface area contributed by atoms with Crippen molar-refractivity contribution in [1.29, 1.82) is 0 Å². The summed E-state index contributed by atoms with van der Waals surface area (Å²) in [4.78, 5) is 35.2. The molecule has 2 aromatic carbocycles. The molecular weight excluding hydrogens is 338 g/mol. The maximum Gasteiger partial charge on any atom is 0.316 e. The molecule has 6 heteroatoms. The minimum absolute atomic E-state index is 0.0172. The summed E-state index contributed by atoms with van der Waals surface area (Å²) in [5, 5.41) is 2.75. The number of ether oxygens (including phenoxy) is 1.